The van der Waals surface area contributed by atoms with Crippen LogP contribution in [0.5, 0.6) is 5.88 Å². The lowest BCUT2D eigenvalue weighted by Crippen LogP contribution is -2.25. The van der Waals surface area contributed by atoms with E-state index in [1.807, 2.05) is 55.5 Å². The first-order valence-corrected chi connectivity index (χ1v) is 9.87. The standard InChI is InChI=1S/C24H25N3O3/c1-4-23(29)27(2)20-12-13-21(26-16-20)17-7-9-18(10-8-17)22(28)14-11-19-6-5-15-25-24(19)30-3/h5-10,12-13,15-16H,4,11,14H2,1-3H3. The van der Waals surface area contributed by atoms with Gasteiger partial charge in [-0.25, -0.2) is 4.98 Å². The molecule has 0 radical (unpaired) electrons. The molecular formula is C24H25N3O3. The van der Waals surface area contributed by atoms with Crippen LogP contribution in [-0.2, 0) is 11.2 Å². The molecule has 0 N–H and O–H groups in total. The van der Waals surface area contributed by atoms with Crippen LogP contribution in [0, 0.1) is 0 Å². The van der Waals surface area contributed by atoms with Crippen LogP contribution in [0.15, 0.2) is 60.9 Å². The van der Waals surface area contributed by atoms with Gasteiger partial charge in [0.15, 0.2) is 5.78 Å². The molecule has 0 unspecified atom stereocenters. The average molecular weight is 403 g/mol. The molecule has 0 fully saturated rings. The maximum Gasteiger partial charge on any atom is 0.226 e. The second-order valence-corrected chi connectivity index (χ2v) is 6.88. The first-order valence-electron chi connectivity index (χ1n) is 9.87. The highest BCUT2D eigenvalue weighted by atomic mass is 16.5. The summed E-state index contributed by atoms with van der Waals surface area (Å²) in [4.78, 5) is 34.6. The first-order chi connectivity index (χ1) is 14.5. The molecule has 1 amide bonds. The molecule has 154 valence electrons. The number of anilines is 1. The van der Waals surface area contributed by atoms with Gasteiger partial charge in [-0.05, 0) is 24.6 Å². The van der Waals surface area contributed by atoms with Gasteiger partial charge in [0.05, 0.1) is 24.7 Å². The molecule has 2 heterocycles. The van der Waals surface area contributed by atoms with Gasteiger partial charge in [-0.1, -0.05) is 37.3 Å². The number of ether oxygens (including phenoxy) is 1. The van der Waals surface area contributed by atoms with Crippen molar-refractivity contribution in [3.05, 3.63) is 72.1 Å². The molecule has 0 aliphatic rings. The Balaban J connectivity index is 1.65. The molecule has 0 spiro atoms. The van der Waals surface area contributed by atoms with Gasteiger partial charge in [-0.3, -0.25) is 14.6 Å². The van der Waals surface area contributed by atoms with E-state index >= 15 is 0 Å². The highest BCUT2D eigenvalue weighted by Crippen LogP contribution is 2.22. The van der Waals surface area contributed by atoms with Crippen LogP contribution in [0.25, 0.3) is 11.3 Å². The molecular weight excluding hydrogens is 378 g/mol. The summed E-state index contributed by atoms with van der Waals surface area (Å²) in [5.74, 6) is 0.660. The molecule has 0 aliphatic carbocycles. The highest BCUT2D eigenvalue weighted by Gasteiger charge is 2.11. The van der Waals surface area contributed by atoms with Crippen molar-refractivity contribution in [2.24, 2.45) is 0 Å². The lowest BCUT2D eigenvalue weighted by Gasteiger charge is -2.16. The van der Waals surface area contributed by atoms with Crippen molar-refractivity contribution in [1.29, 1.82) is 0 Å². The van der Waals surface area contributed by atoms with Gasteiger partial charge in [-0.15, -0.1) is 0 Å². The van der Waals surface area contributed by atoms with Crippen molar-refractivity contribution in [3.8, 4) is 17.1 Å². The van der Waals surface area contributed by atoms with Crippen LogP contribution >= 0.6 is 0 Å². The number of aromatic nitrogens is 2. The number of carbonyl (C=O) groups excluding carboxylic acids is 2. The number of amides is 1. The Morgan fingerprint density at radius 1 is 1.03 bits per heavy atom. The van der Waals surface area contributed by atoms with Crippen LogP contribution in [0.2, 0.25) is 0 Å². The van der Waals surface area contributed by atoms with E-state index in [9.17, 15) is 9.59 Å². The number of nitrogens with zero attached hydrogens (tertiary/aromatic N) is 3. The summed E-state index contributed by atoms with van der Waals surface area (Å²) in [5, 5.41) is 0. The minimum atomic E-state index is 0.0383. The molecule has 0 atom stereocenters. The third kappa shape index (κ3) is 4.89. The molecule has 3 aromatic rings. The van der Waals surface area contributed by atoms with Crippen molar-refractivity contribution >= 4 is 17.4 Å². The van der Waals surface area contributed by atoms with E-state index in [4.69, 9.17) is 4.74 Å². The summed E-state index contributed by atoms with van der Waals surface area (Å²) >= 11 is 0. The van der Waals surface area contributed by atoms with Gasteiger partial charge in [0.2, 0.25) is 11.8 Å². The van der Waals surface area contributed by atoms with E-state index in [0.717, 1.165) is 22.5 Å². The third-order valence-electron chi connectivity index (χ3n) is 4.98. The monoisotopic (exact) mass is 403 g/mol. The van der Waals surface area contributed by atoms with Gasteiger partial charge in [0, 0.05) is 42.8 Å². The molecule has 0 bridgehead atoms. The van der Waals surface area contributed by atoms with E-state index in [0.29, 0.717) is 30.7 Å². The van der Waals surface area contributed by atoms with Gasteiger partial charge in [0.1, 0.15) is 0 Å². The Bertz CT molecular complexity index is 1010. The van der Waals surface area contributed by atoms with E-state index < -0.39 is 0 Å². The summed E-state index contributed by atoms with van der Waals surface area (Å²) in [7, 11) is 3.32. The molecule has 0 saturated carbocycles. The fourth-order valence-electron chi connectivity index (χ4n) is 3.15. The van der Waals surface area contributed by atoms with Crippen LogP contribution < -0.4 is 9.64 Å². The van der Waals surface area contributed by atoms with Gasteiger partial charge < -0.3 is 9.64 Å². The number of Topliss-reactive ketones (excluding diaryl/α,β-unsaturated/α-hetero) is 1. The first kappa shape index (κ1) is 21.2. The smallest absolute Gasteiger partial charge is 0.226 e. The number of methoxy groups -OCH3 is 1. The van der Waals surface area contributed by atoms with Crippen LogP contribution in [0.3, 0.4) is 0 Å². The van der Waals surface area contributed by atoms with Gasteiger partial charge in [0.25, 0.3) is 0 Å². The SMILES string of the molecule is CCC(=O)N(C)c1ccc(-c2ccc(C(=O)CCc3cccnc3OC)cc2)nc1. The second-order valence-electron chi connectivity index (χ2n) is 6.88. The minimum absolute atomic E-state index is 0.0383. The van der Waals surface area contributed by atoms with Crippen molar-refractivity contribution in [3.63, 3.8) is 0 Å². The fraction of sp³-hybridized carbons (Fsp3) is 0.250. The lowest BCUT2D eigenvalue weighted by molar-refractivity contribution is -0.118. The van der Waals surface area contributed by atoms with Crippen LogP contribution in [-0.4, -0.2) is 35.8 Å². The van der Waals surface area contributed by atoms with Crippen molar-refractivity contribution in [2.75, 3.05) is 19.1 Å². The average Bonchev–Trinajstić information content (AvgIpc) is 2.81. The molecule has 2 aromatic heterocycles. The van der Waals surface area contributed by atoms with Crippen molar-refractivity contribution in [1.82, 2.24) is 9.97 Å². The Morgan fingerprint density at radius 2 is 1.80 bits per heavy atom. The number of aryl methyl sites for hydroxylation is 1. The second kappa shape index (κ2) is 9.78. The molecule has 6 heteroatoms. The van der Waals surface area contributed by atoms with E-state index in [2.05, 4.69) is 9.97 Å². The molecule has 30 heavy (non-hydrogen) atoms. The molecule has 0 aliphatic heterocycles. The summed E-state index contributed by atoms with van der Waals surface area (Å²) in [6.07, 6.45) is 4.75. The van der Waals surface area contributed by atoms with E-state index in [1.165, 1.54) is 0 Å². The van der Waals surface area contributed by atoms with Crippen LogP contribution in [0.4, 0.5) is 5.69 Å². The maximum atomic E-state index is 12.6. The summed E-state index contributed by atoms with van der Waals surface area (Å²) < 4.78 is 5.24. The zero-order valence-electron chi connectivity index (χ0n) is 17.5. The predicted molar refractivity (Wildman–Crippen MR) is 117 cm³/mol. The third-order valence-corrected chi connectivity index (χ3v) is 4.98. The number of ketones is 1. The van der Waals surface area contributed by atoms with E-state index in [1.54, 1.807) is 31.5 Å². The Hall–Kier alpha value is -3.54. The zero-order chi connectivity index (χ0) is 21.5. The number of hydrogen-bond donors (Lipinski definition) is 0. The maximum absolute atomic E-state index is 12.6. The number of hydrogen-bond acceptors (Lipinski definition) is 5. The van der Waals surface area contributed by atoms with E-state index in [-0.39, 0.29) is 11.7 Å². The topological polar surface area (TPSA) is 72.4 Å². The molecule has 3 rings (SSSR count). The lowest BCUT2D eigenvalue weighted by atomic mass is 10.0. The van der Waals surface area contributed by atoms with Gasteiger partial charge in [-0.2, -0.15) is 0 Å². The highest BCUT2D eigenvalue weighted by molar-refractivity contribution is 5.96. The number of carbonyl (C=O) groups is 2. The number of pyridine rings is 2. The Kier molecular flexibility index (Phi) is 6.91. The van der Waals surface area contributed by atoms with Gasteiger partial charge >= 0.3 is 0 Å². The molecule has 6 nitrogen and oxygen atoms in total. The van der Waals surface area contributed by atoms with Crippen molar-refractivity contribution in [2.45, 2.75) is 26.2 Å². The molecule has 1 aromatic carbocycles. The Morgan fingerprint density at radius 3 is 2.43 bits per heavy atom. The normalized spacial score (nSPS) is 10.5. The number of rotatable bonds is 8. The largest absolute Gasteiger partial charge is 0.481 e. The summed E-state index contributed by atoms with van der Waals surface area (Å²) in [5.41, 5.74) is 4.03. The Labute approximate surface area is 176 Å². The number of benzene rings is 1. The fourth-order valence-corrected chi connectivity index (χ4v) is 3.15. The molecule has 0 saturated heterocycles. The summed E-state index contributed by atoms with van der Waals surface area (Å²) in [6, 6.07) is 14.9. The predicted octanol–water partition coefficient (Wildman–Crippen LogP) is 4.34. The zero-order valence-corrected chi connectivity index (χ0v) is 17.5. The quantitative estimate of drug-likeness (QED) is 0.523. The minimum Gasteiger partial charge on any atom is -0.481 e. The summed E-state index contributed by atoms with van der Waals surface area (Å²) in [6.45, 7) is 1.83. The van der Waals surface area contributed by atoms with Crippen molar-refractivity contribution < 1.29 is 14.3 Å². The van der Waals surface area contributed by atoms with Crippen LogP contribution in [0.1, 0.15) is 35.7 Å².